The molecule has 0 aliphatic heterocycles. The molecule has 182 valence electrons. The molecule has 3 aromatic rings. The number of carbonyl (C=O) groups is 1. The SMILES string of the molecule is COCCn1c(C(=O)NC2CCCCC2)c(Cc2ccc(C)cc2)c2c(C)nc(C(C)C)nc21. The highest BCUT2D eigenvalue weighted by Crippen LogP contribution is 2.31. The molecule has 0 saturated heterocycles. The van der Waals surface area contributed by atoms with Crippen LogP contribution < -0.4 is 5.32 Å². The van der Waals surface area contributed by atoms with Crippen LogP contribution in [0.1, 0.15) is 90.6 Å². The lowest BCUT2D eigenvalue weighted by atomic mass is 9.95. The fourth-order valence-corrected chi connectivity index (χ4v) is 5.02. The predicted octanol–water partition coefficient (Wildman–Crippen LogP) is 5.47. The van der Waals surface area contributed by atoms with E-state index in [9.17, 15) is 4.79 Å². The Hall–Kier alpha value is -2.73. The minimum Gasteiger partial charge on any atom is -0.383 e. The van der Waals surface area contributed by atoms with Crippen LogP contribution in [-0.2, 0) is 17.7 Å². The number of fused-ring (bicyclic) bond motifs is 1. The number of aromatic nitrogens is 3. The quantitative estimate of drug-likeness (QED) is 0.482. The highest BCUT2D eigenvalue weighted by atomic mass is 16.5. The lowest BCUT2D eigenvalue weighted by Gasteiger charge is -2.23. The Morgan fingerprint density at radius 3 is 2.47 bits per heavy atom. The summed E-state index contributed by atoms with van der Waals surface area (Å²) in [7, 11) is 1.69. The third-order valence-corrected chi connectivity index (χ3v) is 6.89. The molecule has 6 heteroatoms. The van der Waals surface area contributed by atoms with E-state index < -0.39 is 0 Å². The van der Waals surface area contributed by atoms with Gasteiger partial charge in [-0.1, -0.05) is 62.9 Å². The van der Waals surface area contributed by atoms with Crippen LogP contribution in [0.5, 0.6) is 0 Å². The number of aryl methyl sites for hydroxylation is 2. The predicted molar refractivity (Wildman–Crippen MR) is 137 cm³/mol. The minimum atomic E-state index is -0.00592. The normalized spacial score (nSPS) is 14.8. The van der Waals surface area contributed by atoms with Crippen molar-refractivity contribution in [3.05, 3.63) is 58.2 Å². The maximum absolute atomic E-state index is 13.8. The summed E-state index contributed by atoms with van der Waals surface area (Å²) in [6.45, 7) is 9.42. The second kappa shape index (κ2) is 10.7. The van der Waals surface area contributed by atoms with E-state index in [4.69, 9.17) is 14.7 Å². The maximum atomic E-state index is 13.8. The van der Waals surface area contributed by atoms with Gasteiger partial charge in [0.15, 0.2) is 0 Å². The van der Waals surface area contributed by atoms with Gasteiger partial charge in [0.25, 0.3) is 5.91 Å². The van der Waals surface area contributed by atoms with Crippen LogP contribution in [0.15, 0.2) is 24.3 Å². The van der Waals surface area contributed by atoms with Crippen molar-refractivity contribution in [1.29, 1.82) is 0 Å². The number of carbonyl (C=O) groups excluding carboxylic acids is 1. The summed E-state index contributed by atoms with van der Waals surface area (Å²) in [4.78, 5) is 23.7. The number of nitrogens with one attached hydrogen (secondary N) is 1. The van der Waals surface area contributed by atoms with Crippen LogP contribution in [0.4, 0.5) is 0 Å². The van der Waals surface area contributed by atoms with Crippen molar-refractivity contribution < 1.29 is 9.53 Å². The van der Waals surface area contributed by atoms with Crippen molar-refractivity contribution >= 4 is 16.9 Å². The Balaban J connectivity index is 1.89. The van der Waals surface area contributed by atoms with E-state index in [-0.39, 0.29) is 17.9 Å². The van der Waals surface area contributed by atoms with Gasteiger partial charge in [-0.15, -0.1) is 0 Å². The smallest absolute Gasteiger partial charge is 0.268 e. The van der Waals surface area contributed by atoms with E-state index in [1.807, 2.05) is 6.92 Å². The molecule has 0 atom stereocenters. The van der Waals surface area contributed by atoms with Gasteiger partial charge in [0, 0.05) is 37.4 Å². The zero-order chi connectivity index (χ0) is 24.2. The molecule has 1 aliphatic carbocycles. The molecule has 0 unspecified atom stereocenters. The molecule has 1 N–H and O–H groups in total. The number of amides is 1. The van der Waals surface area contributed by atoms with Crippen molar-refractivity contribution in [3.8, 4) is 0 Å². The average Bonchev–Trinajstić information content (AvgIpc) is 3.13. The molecule has 0 spiro atoms. The molecule has 1 saturated carbocycles. The average molecular weight is 463 g/mol. The molecule has 34 heavy (non-hydrogen) atoms. The van der Waals surface area contributed by atoms with E-state index >= 15 is 0 Å². The summed E-state index contributed by atoms with van der Waals surface area (Å²) >= 11 is 0. The Bertz CT molecular complexity index is 1140. The van der Waals surface area contributed by atoms with Crippen molar-refractivity contribution in [2.45, 2.75) is 84.7 Å². The van der Waals surface area contributed by atoms with Crippen LogP contribution in [-0.4, -0.2) is 40.2 Å². The summed E-state index contributed by atoms with van der Waals surface area (Å²) in [5, 5.41) is 4.35. The Kier molecular flexibility index (Phi) is 7.67. The van der Waals surface area contributed by atoms with Gasteiger partial charge in [0.2, 0.25) is 0 Å². The van der Waals surface area contributed by atoms with E-state index in [1.165, 1.54) is 30.4 Å². The van der Waals surface area contributed by atoms with E-state index in [0.29, 0.717) is 25.3 Å². The van der Waals surface area contributed by atoms with E-state index in [2.05, 4.69) is 54.9 Å². The van der Waals surface area contributed by atoms with Gasteiger partial charge < -0.3 is 14.6 Å². The molecule has 1 fully saturated rings. The molecule has 1 aromatic carbocycles. The van der Waals surface area contributed by atoms with Gasteiger partial charge in [0.05, 0.1) is 12.3 Å². The molecule has 6 nitrogen and oxygen atoms in total. The fraction of sp³-hybridized carbons (Fsp3) is 0.536. The molecule has 1 aliphatic rings. The molecule has 0 radical (unpaired) electrons. The number of hydrogen-bond donors (Lipinski definition) is 1. The molecular weight excluding hydrogens is 424 g/mol. The Morgan fingerprint density at radius 2 is 1.82 bits per heavy atom. The first-order valence-corrected chi connectivity index (χ1v) is 12.6. The van der Waals surface area contributed by atoms with E-state index in [1.54, 1.807) is 7.11 Å². The van der Waals surface area contributed by atoms with Gasteiger partial charge in [0.1, 0.15) is 17.2 Å². The largest absolute Gasteiger partial charge is 0.383 e. The summed E-state index contributed by atoms with van der Waals surface area (Å²) in [5.41, 5.74) is 5.88. The van der Waals surface area contributed by atoms with Crippen molar-refractivity contribution in [1.82, 2.24) is 19.9 Å². The fourth-order valence-electron chi connectivity index (χ4n) is 5.02. The van der Waals surface area contributed by atoms with Crippen LogP contribution in [0, 0.1) is 13.8 Å². The summed E-state index contributed by atoms with van der Waals surface area (Å²) < 4.78 is 7.50. The zero-order valence-corrected chi connectivity index (χ0v) is 21.3. The topological polar surface area (TPSA) is 69.0 Å². The summed E-state index contributed by atoms with van der Waals surface area (Å²) in [5.74, 6) is 1.00. The Labute approximate surface area is 203 Å². The number of hydrogen-bond acceptors (Lipinski definition) is 4. The number of benzene rings is 1. The highest BCUT2D eigenvalue weighted by Gasteiger charge is 2.28. The molecule has 4 rings (SSSR count). The molecule has 0 bridgehead atoms. The summed E-state index contributed by atoms with van der Waals surface area (Å²) in [6, 6.07) is 8.79. The second-order valence-corrected chi connectivity index (χ2v) is 9.96. The number of nitrogens with zero attached hydrogens (tertiary/aromatic N) is 3. The van der Waals surface area contributed by atoms with E-state index in [0.717, 1.165) is 41.0 Å². The molecule has 1 amide bonds. The van der Waals surface area contributed by atoms with Gasteiger partial charge in [-0.05, 0) is 37.8 Å². The highest BCUT2D eigenvalue weighted by molar-refractivity contribution is 6.02. The van der Waals surface area contributed by atoms with Crippen LogP contribution in [0.25, 0.3) is 11.0 Å². The van der Waals surface area contributed by atoms with Crippen LogP contribution in [0.2, 0.25) is 0 Å². The number of rotatable bonds is 8. The van der Waals surface area contributed by atoms with Crippen molar-refractivity contribution in [2.75, 3.05) is 13.7 Å². The standard InChI is InChI=1S/C28H38N4O2/c1-18(2)26-29-20(4)24-23(17-21-13-11-19(3)12-14-21)25(32(15-16-34-5)27(24)31-26)28(33)30-22-9-7-6-8-10-22/h11-14,18,22H,6-10,15-17H2,1-5H3,(H,30,33). The van der Waals surface area contributed by atoms with Gasteiger partial charge in [-0.2, -0.15) is 0 Å². The Morgan fingerprint density at radius 1 is 1.12 bits per heavy atom. The zero-order valence-electron chi connectivity index (χ0n) is 21.3. The van der Waals surface area contributed by atoms with Gasteiger partial charge in [-0.3, -0.25) is 4.79 Å². The van der Waals surface area contributed by atoms with Gasteiger partial charge in [-0.25, -0.2) is 9.97 Å². The lowest BCUT2D eigenvalue weighted by Crippen LogP contribution is -2.37. The van der Waals surface area contributed by atoms with Crippen molar-refractivity contribution in [3.63, 3.8) is 0 Å². The summed E-state index contributed by atoms with van der Waals surface area (Å²) in [6.07, 6.45) is 6.37. The van der Waals surface area contributed by atoms with Crippen LogP contribution >= 0.6 is 0 Å². The molecule has 2 aromatic heterocycles. The maximum Gasteiger partial charge on any atom is 0.268 e. The van der Waals surface area contributed by atoms with Crippen LogP contribution in [0.3, 0.4) is 0 Å². The first kappa shape index (κ1) is 24.4. The second-order valence-electron chi connectivity index (χ2n) is 9.96. The third kappa shape index (κ3) is 5.17. The van der Waals surface area contributed by atoms with Gasteiger partial charge >= 0.3 is 0 Å². The van der Waals surface area contributed by atoms with Crippen molar-refractivity contribution in [2.24, 2.45) is 0 Å². The number of ether oxygens (including phenoxy) is 1. The minimum absolute atomic E-state index is 0.00592. The molecule has 2 heterocycles. The molecular formula is C28H38N4O2. The number of methoxy groups -OCH3 is 1. The lowest BCUT2D eigenvalue weighted by molar-refractivity contribution is 0.0915. The monoisotopic (exact) mass is 462 g/mol. The first-order valence-electron chi connectivity index (χ1n) is 12.6. The first-order chi connectivity index (χ1) is 16.4. The third-order valence-electron chi connectivity index (χ3n) is 6.89.